The first kappa shape index (κ1) is 23.6. The lowest BCUT2D eigenvalue weighted by atomic mass is 10.1. The van der Waals surface area contributed by atoms with Crippen molar-refractivity contribution < 1.29 is 29.1 Å². The fraction of sp³-hybridized carbons (Fsp3) is 0.417. The Balaban J connectivity index is 1.86. The number of aryl methyl sites for hydroxylation is 2. The molecule has 0 aromatic heterocycles. The standard InChI is InChI=1S/C24H30O6/c1-5-7-18-9-13-20(14-10-18)22(25)27-29-24(17(3)4)30-28-23(26)21-15-11-19(8-6-2)12-16-21/h9-17,24H,5-8H2,1-4H3. The molecular formula is C24H30O6. The Bertz CT molecular complexity index is 730. The Morgan fingerprint density at radius 1 is 0.700 bits per heavy atom. The molecule has 2 rings (SSSR count). The van der Waals surface area contributed by atoms with Gasteiger partial charge in [-0.05, 0) is 48.2 Å². The first-order chi connectivity index (χ1) is 14.4. The zero-order valence-corrected chi connectivity index (χ0v) is 18.1. The Hall–Kier alpha value is -2.70. The maximum atomic E-state index is 12.2. The molecule has 30 heavy (non-hydrogen) atoms. The fourth-order valence-electron chi connectivity index (χ4n) is 2.71. The van der Waals surface area contributed by atoms with Gasteiger partial charge >= 0.3 is 11.9 Å². The van der Waals surface area contributed by atoms with E-state index in [1.807, 2.05) is 24.3 Å². The molecular weight excluding hydrogens is 384 g/mol. The minimum Gasteiger partial charge on any atom is -0.290 e. The van der Waals surface area contributed by atoms with Crippen molar-refractivity contribution in [1.82, 2.24) is 0 Å². The number of rotatable bonds is 11. The molecule has 2 aromatic rings. The fourth-order valence-corrected chi connectivity index (χ4v) is 2.71. The Morgan fingerprint density at radius 2 is 1.07 bits per heavy atom. The molecule has 0 N–H and O–H groups in total. The average molecular weight is 414 g/mol. The molecule has 162 valence electrons. The van der Waals surface area contributed by atoms with Crippen LogP contribution in [0.2, 0.25) is 0 Å². The van der Waals surface area contributed by atoms with Gasteiger partial charge in [-0.2, -0.15) is 0 Å². The van der Waals surface area contributed by atoms with E-state index in [1.54, 1.807) is 38.1 Å². The third-order valence-corrected chi connectivity index (χ3v) is 4.44. The molecule has 0 aliphatic rings. The summed E-state index contributed by atoms with van der Waals surface area (Å²) in [5.74, 6) is -1.53. The van der Waals surface area contributed by atoms with Gasteiger partial charge in [0.05, 0.1) is 11.1 Å². The molecule has 0 aliphatic heterocycles. The van der Waals surface area contributed by atoms with Gasteiger partial charge in [-0.1, -0.05) is 64.8 Å². The predicted molar refractivity (Wildman–Crippen MR) is 113 cm³/mol. The molecule has 0 amide bonds. The highest BCUT2D eigenvalue weighted by Crippen LogP contribution is 2.14. The van der Waals surface area contributed by atoms with Crippen LogP contribution in [0.4, 0.5) is 0 Å². The maximum absolute atomic E-state index is 12.2. The van der Waals surface area contributed by atoms with Gasteiger partial charge in [0.1, 0.15) is 0 Å². The Kier molecular flexibility index (Phi) is 9.51. The van der Waals surface area contributed by atoms with Crippen LogP contribution in [-0.2, 0) is 32.4 Å². The second-order valence-electron chi connectivity index (χ2n) is 7.44. The molecule has 0 saturated heterocycles. The van der Waals surface area contributed by atoms with E-state index >= 15 is 0 Å². The van der Waals surface area contributed by atoms with Gasteiger partial charge in [-0.3, -0.25) is 9.78 Å². The summed E-state index contributed by atoms with van der Waals surface area (Å²) < 4.78 is 0. The van der Waals surface area contributed by atoms with Crippen LogP contribution in [0, 0.1) is 5.92 Å². The molecule has 0 spiro atoms. The normalized spacial score (nSPS) is 11.0. The molecule has 2 aromatic carbocycles. The predicted octanol–water partition coefficient (Wildman–Crippen LogP) is 5.45. The van der Waals surface area contributed by atoms with Crippen molar-refractivity contribution in [2.24, 2.45) is 5.92 Å². The zero-order chi connectivity index (χ0) is 21.9. The summed E-state index contributed by atoms with van der Waals surface area (Å²) in [6.07, 6.45) is 2.89. The number of benzene rings is 2. The minimum atomic E-state index is -1.06. The van der Waals surface area contributed by atoms with Gasteiger partial charge in [0.25, 0.3) is 0 Å². The van der Waals surface area contributed by atoms with Gasteiger partial charge in [0.2, 0.25) is 6.29 Å². The quantitative estimate of drug-likeness (QED) is 0.277. The molecule has 0 saturated carbocycles. The Morgan fingerprint density at radius 3 is 1.37 bits per heavy atom. The van der Waals surface area contributed by atoms with Gasteiger partial charge in [-0.15, -0.1) is 9.78 Å². The van der Waals surface area contributed by atoms with Crippen LogP contribution < -0.4 is 0 Å². The zero-order valence-electron chi connectivity index (χ0n) is 18.1. The third kappa shape index (κ3) is 7.28. The van der Waals surface area contributed by atoms with Crippen LogP contribution >= 0.6 is 0 Å². The monoisotopic (exact) mass is 414 g/mol. The minimum absolute atomic E-state index is 0.232. The summed E-state index contributed by atoms with van der Waals surface area (Å²) in [5, 5.41) is 0. The van der Waals surface area contributed by atoms with Gasteiger partial charge in [-0.25, -0.2) is 9.59 Å². The number of hydrogen-bond acceptors (Lipinski definition) is 6. The first-order valence-corrected chi connectivity index (χ1v) is 10.4. The molecule has 0 aliphatic carbocycles. The summed E-state index contributed by atoms with van der Waals surface area (Å²) in [6, 6.07) is 14.3. The molecule has 6 nitrogen and oxygen atoms in total. The average Bonchev–Trinajstić information content (AvgIpc) is 2.74. The third-order valence-electron chi connectivity index (χ3n) is 4.44. The van der Waals surface area contributed by atoms with Crippen molar-refractivity contribution in [2.45, 2.75) is 59.7 Å². The first-order valence-electron chi connectivity index (χ1n) is 10.4. The van der Waals surface area contributed by atoms with Crippen LogP contribution in [0.1, 0.15) is 72.4 Å². The molecule has 0 radical (unpaired) electrons. The van der Waals surface area contributed by atoms with E-state index in [4.69, 9.17) is 19.6 Å². The number of carbonyl (C=O) groups excluding carboxylic acids is 2. The van der Waals surface area contributed by atoms with E-state index in [-0.39, 0.29) is 5.92 Å². The van der Waals surface area contributed by atoms with E-state index in [1.165, 1.54) is 0 Å². The lowest BCUT2D eigenvalue weighted by molar-refractivity contribution is -0.430. The van der Waals surface area contributed by atoms with Crippen LogP contribution in [0.3, 0.4) is 0 Å². The maximum Gasteiger partial charge on any atom is 0.373 e. The van der Waals surface area contributed by atoms with Gasteiger partial charge < -0.3 is 0 Å². The highest BCUT2D eigenvalue weighted by molar-refractivity contribution is 5.89. The molecule has 0 atom stereocenters. The topological polar surface area (TPSA) is 71.1 Å². The highest BCUT2D eigenvalue weighted by atomic mass is 17.3. The number of carbonyl (C=O) groups is 2. The van der Waals surface area contributed by atoms with Crippen LogP contribution in [0.15, 0.2) is 48.5 Å². The SMILES string of the molecule is CCCc1ccc(C(=O)OOC(OOC(=O)c2ccc(CCC)cc2)C(C)C)cc1. The lowest BCUT2D eigenvalue weighted by Gasteiger charge is -2.18. The Labute approximate surface area is 178 Å². The summed E-state index contributed by atoms with van der Waals surface area (Å²) in [7, 11) is 0. The second-order valence-corrected chi connectivity index (χ2v) is 7.44. The molecule has 0 bridgehead atoms. The van der Waals surface area contributed by atoms with E-state index in [0.717, 1.165) is 36.8 Å². The van der Waals surface area contributed by atoms with E-state index in [2.05, 4.69) is 13.8 Å². The van der Waals surface area contributed by atoms with E-state index in [0.29, 0.717) is 11.1 Å². The van der Waals surface area contributed by atoms with Crippen LogP contribution in [0.5, 0.6) is 0 Å². The summed E-state index contributed by atoms with van der Waals surface area (Å²) in [5.41, 5.74) is 3.02. The summed E-state index contributed by atoms with van der Waals surface area (Å²) >= 11 is 0. The largest absolute Gasteiger partial charge is 0.373 e. The summed E-state index contributed by atoms with van der Waals surface area (Å²) in [6.45, 7) is 7.75. The molecule has 0 heterocycles. The van der Waals surface area contributed by atoms with Crippen molar-refractivity contribution in [1.29, 1.82) is 0 Å². The second kappa shape index (κ2) is 12.1. The van der Waals surface area contributed by atoms with Crippen molar-refractivity contribution in [3.05, 3.63) is 70.8 Å². The van der Waals surface area contributed by atoms with E-state index in [9.17, 15) is 9.59 Å². The summed E-state index contributed by atoms with van der Waals surface area (Å²) in [4.78, 5) is 44.3. The van der Waals surface area contributed by atoms with Crippen molar-refractivity contribution >= 4 is 11.9 Å². The van der Waals surface area contributed by atoms with Gasteiger partial charge in [0.15, 0.2) is 0 Å². The van der Waals surface area contributed by atoms with Crippen LogP contribution in [-0.4, -0.2) is 18.2 Å². The highest BCUT2D eigenvalue weighted by Gasteiger charge is 2.23. The lowest BCUT2D eigenvalue weighted by Crippen LogP contribution is -2.26. The number of hydrogen-bond donors (Lipinski definition) is 0. The van der Waals surface area contributed by atoms with Crippen molar-refractivity contribution in [3.63, 3.8) is 0 Å². The smallest absolute Gasteiger partial charge is 0.290 e. The van der Waals surface area contributed by atoms with Crippen molar-refractivity contribution in [2.75, 3.05) is 0 Å². The molecule has 0 fully saturated rings. The molecule has 0 unspecified atom stereocenters. The van der Waals surface area contributed by atoms with Crippen LogP contribution in [0.25, 0.3) is 0 Å². The van der Waals surface area contributed by atoms with Crippen molar-refractivity contribution in [3.8, 4) is 0 Å². The van der Waals surface area contributed by atoms with E-state index < -0.39 is 18.2 Å². The molecule has 6 heteroatoms. The van der Waals surface area contributed by atoms with Gasteiger partial charge in [0, 0.05) is 5.92 Å².